The van der Waals surface area contributed by atoms with Crippen LogP contribution in [0.15, 0.2) is 67.0 Å². The minimum Gasteiger partial charge on any atom is -0.497 e. The second-order valence-electron chi connectivity index (χ2n) is 5.29. The third-order valence-corrected chi connectivity index (χ3v) is 3.54. The van der Waals surface area contributed by atoms with Gasteiger partial charge in [-0.2, -0.15) is 0 Å². The molecule has 126 valence electrons. The number of anilines is 2. The average Bonchev–Trinajstić information content (AvgIpc) is 2.68. The molecule has 2 heterocycles. The van der Waals surface area contributed by atoms with E-state index in [0.29, 0.717) is 17.9 Å². The standard InChI is InChI=1S/C19H18N4O2/c1-25-17-8-5-14(6-9-17)23-19(24)18-10-7-16(13-22-18)21-12-15-4-2-3-11-20-15/h2-11,13,21H,12H2,1H3,(H,23,24). The summed E-state index contributed by atoms with van der Waals surface area (Å²) in [6.07, 6.45) is 3.38. The molecule has 0 spiro atoms. The zero-order valence-electron chi connectivity index (χ0n) is 13.8. The van der Waals surface area contributed by atoms with Crippen molar-refractivity contribution in [2.24, 2.45) is 0 Å². The monoisotopic (exact) mass is 334 g/mol. The first-order valence-electron chi connectivity index (χ1n) is 7.80. The first kappa shape index (κ1) is 16.4. The molecule has 1 aromatic carbocycles. The van der Waals surface area contributed by atoms with Crippen LogP contribution < -0.4 is 15.4 Å². The Morgan fingerprint density at radius 1 is 1.00 bits per heavy atom. The van der Waals surface area contributed by atoms with Crippen molar-refractivity contribution < 1.29 is 9.53 Å². The van der Waals surface area contributed by atoms with Crippen LogP contribution in [0.25, 0.3) is 0 Å². The minimum atomic E-state index is -0.263. The highest BCUT2D eigenvalue weighted by atomic mass is 16.5. The molecule has 6 heteroatoms. The fraction of sp³-hybridized carbons (Fsp3) is 0.105. The largest absolute Gasteiger partial charge is 0.497 e. The van der Waals surface area contributed by atoms with Crippen LogP contribution in [0.3, 0.4) is 0 Å². The van der Waals surface area contributed by atoms with Crippen molar-refractivity contribution in [1.82, 2.24) is 9.97 Å². The number of benzene rings is 1. The topological polar surface area (TPSA) is 76.1 Å². The van der Waals surface area contributed by atoms with E-state index in [1.807, 2.05) is 24.3 Å². The number of carbonyl (C=O) groups excluding carboxylic acids is 1. The lowest BCUT2D eigenvalue weighted by atomic mass is 10.2. The Morgan fingerprint density at radius 2 is 1.80 bits per heavy atom. The number of carbonyl (C=O) groups is 1. The normalized spacial score (nSPS) is 10.1. The van der Waals surface area contributed by atoms with Gasteiger partial charge in [-0.3, -0.25) is 9.78 Å². The van der Waals surface area contributed by atoms with Crippen molar-refractivity contribution >= 4 is 17.3 Å². The van der Waals surface area contributed by atoms with E-state index in [9.17, 15) is 4.79 Å². The van der Waals surface area contributed by atoms with Crippen molar-refractivity contribution in [2.75, 3.05) is 17.7 Å². The number of methoxy groups -OCH3 is 1. The van der Waals surface area contributed by atoms with Gasteiger partial charge in [-0.25, -0.2) is 4.98 Å². The number of ether oxygens (including phenoxy) is 1. The zero-order valence-corrected chi connectivity index (χ0v) is 13.8. The third kappa shape index (κ3) is 4.54. The van der Waals surface area contributed by atoms with Crippen LogP contribution in [0.1, 0.15) is 16.2 Å². The number of pyridine rings is 2. The van der Waals surface area contributed by atoms with E-state index in [-0.39, 0.29) is 5.91 Å². The van der Waals surface area contributed by atoms with Crippen LogP contribution in [0.2, 0.25) is 0 Å². The van der Waals surface area contributed by atoms with Gasteiger partial charge in [0.05, 0.1) is 31.2 Å². The van der Waals surface area contributed by atoms with Gasteiger partial charge in [0.15, 0.2) is 0 Å². The summed E-state index contributed by atoms with van der Waals surface area (Å²) >= 11 is 0. The predicted molar refractivity (Wildman–Crippen MR) is 96.7 cm³/mol. The summed E-state index contributed by atoms with van der Waals surface area (Å²) in [7, 11) is 1.60. The first-order valence-corrected chi connectivity index (χ1v) is 7.80. The van der Waals surface area contributed by atoms with E-state index < -0.39 is 0 Å². The van der Waals surface area contributed by atoms with Gasteiger partial charge >= 0.3 is 0 Å². The van der Waals surface area contributed by atoms with E-state index >= 15 is 0 Å². The molecule has 1 amide bonds. The Bertz CT molecular complexity index is 818. The number of nitrogens with one attached hydrogen (secondary N) is 2. The van der Waals surface area contributed by atoms with Crippen LogP contribution in [0, 0.1) is 0 Å². The molecule has 0 saturated heterocycles. The molecule has 0 radical (unpaired) electrons. The Labute approximate surface area is 145 Å². The van der Waals surface area contributed by atoms with Gasteiger partial charge in [-0.05, 0) is 48.5 Å². The summed E-state index contributed by atoms with van der Waals surface area (Å²) < 4.78 is 5.09. The number of aromatic nitrogens is 2. The quantitative estimate of drug-likeness (QED) is 0.723. The molecule has 2 N–H and O–H groups in total. The highest BCUT2D eigenvalue weighted by Crippen LogP contribution is 2.16. The average molecular weight is 334 g/mol. The highest BCUT2D eigenvalue weighted by Gasteiger charge is 2.08. The first-order chi connectivity index (χ1) is 12.2. The second kappa shape index (κ2) is 7.92. The number of hydrogen-bond acceptors (Lipinski definition) is 5. The van der Waals surface area contributed by atoms with E-state index in [0.717, 1.165) is 17.1 Å². The van der Waals surface area contributed by atoms with Gasteiger partial charge in [-0.15, -0.1) is 0 Å². The molecule has 0 atom stereocenters. The fourth-order valence-corrected chi connectivity index (χ4v) is 2.20. The summed E-state index contributed by atoms with van der Waals surface area (Å²) in [5.74, 6) is 0.473. The van der Waals surface area contributed by atoms with Crippen molar-refractivity contribution in [3.05, 3.63) is 78.4 Å². The van der Waals surface area contributed by atoms with Crippen LogP contribution in [-0.2, 0) is 6.54 Å². The maximum atomic E-state index is 12.2. The maximum absolute atomic E-state index is 12.2. The summed E-state index contributed by atoms with van der Waals surface area (Å²) in [6, 6.07) is 16.4. The third-order valence-electron chi connectivity index (χ3n) is 3.54. The molecular formula is C19H18N4O2. The Hall–Kier alpha value is -3.41. The number of nitrogens with zero attached hydrogens (tertiary/aromatic N) is 2. The van der Waals surface area contributed by atoms with Crippen LogP contribution in [0.4, 0.5) is 11.4 Å². The smallest absolute Gasteiger partial charge is 0.274 e. The van der Waals surface area contributed by atoms with Gasteiger partial charge in [0.1, 0.15) is 11.4 Å². The lowest BCUT2D eigenvalue weighted by molar-refractivity contribution is 0.102. The molecule has 0 aliphatic heterocycles. The van der Waals surface area contributed by atoms with Crippen molar-refractivity contribution in [3.8, 4) is 5.75 Å². The van der Waals surface area contributed by atoms with Crippen LogP contribution >= 0.6 is 0 Å². The number of hydrogen-bond donors (Lipinski definition) is 2. The van der Waals surface area contributed by atoms with E-state index in [4.69, 9.17) is 4.74 Å². The molecule has 0 unspecified atom stereocenters. The van der Waals surface area contributed by atoms with Gasteiger partial charge in [0, 0.05) is 11.9 Å². The zero-order chi connectivity index (χ0) is 17.5. The Kier molecular flexibility index (Phi) is 5.21. The van der Waals surface area contributed by atoms with Gasteiger partial charge < -0.3 is 15.4 Å². The molecule has 25 heavy (non-hydrogen) atoms. The molecule has 6 nitrogen and oxygen atoms in total. The number of amides is 1. The summed E-state index contributed by atoms with van der Waals surface area (Å²) in [4.78, 5) is 20.7. The van der Waals surface area contributed by atoms with E-state index in [2.05, 4.69) is 20.6 Å². The Morgan fingerprint density at radius 3 is 2.44 bits per heavy atom. The lowest BCUT2D eigenvalue weighted by Crippen LogP contribution is -2.13. The maximum Gasteiger partial charge on any atom is 0.274 e. The molecule has 0 saturated carbocycles. The lowest BCUT2D eigenvalue weighted by Gasteiger charge is -2.08. The van der Waals surface area contributed by atoms with E-state index in [1.54, 1.807) is 49.8 Å². The van der Waals surface area contributed by atoms with Gasteiger partial charge in [-0.1, -0.05) is 6.07 Å². The molecular weight excluding hydrogens is 316 g/mol. The fourth-order valence-electron chi connectivity index (χ4n) is 2.20. The van der Waals surface area contributed by atoms with Crippen LogP contribution in [-0.4, -0.2) is 23.0 Å². The van der Waals surface area contributed by atoms with Crippen molar-refractivity contribution in [2.45, 2.75) is 6.54 Å². The SMILES string of the molecule is COc1ccc(NC(=O)c2ccc(NCc3ccccn3)cn2)cc1. The highest BCUT2D eigenvalue weighted by molar-refractivity contribution is 6.02. The van der Waals surface area contributed by atoms with Gasteiger partial charge in [0.2, 0.25) is 0 Å². The molecule has 0 aliphatic carbocycles. The Balaban J connectivity index is 1.58. The van der Waals surface area contributed by atoms with Crippen molar-refractivity contribution in [3.63, 3.8) is 0 Å². The molecule has 0 aliphatic rings. The molecule has 3 aromatic rings. The summed E-state index contributed by atoms with van der Waals surface area (Å²) in [5.41, 5.74) is 2.79. The molecule has 0 bridgehead atoms. The molecule has 2 aromatic heterocycles. The summed E-state index contributed by atoms with van der Waals surface area (Å²) in [6.45, 7) is 0.597. The minimum absolute atomic E-state index is 0.263. The van der Waals surface area contributed by atoms with Crippen molar-refractivity contribution in [1.29, 1.82) is 0 Å². The van der Waals surface area contributed by atoms with Crippen LogP contribution in [0.5, 0.6) is 5.75 Å². The van der Waals surface area contributed by atoms with Gasteiger partial charge in [0.25, 0.3) is 5.91 Å². The second-order valence-corrected chi connectivity index (χ2v) is 5.29. The van der Waals surface area contributed by atoms with E-state index in [1.165, 1.54) is 0 Å². The summed E-state index contributed by atoms with van der Waals surface area (Å²) in [5, 5.41) is 6.02. The molecule has 3 rings (SSSR count). The molecule has 0 fully saturated rings. The predicted octanol–water partition coefficient (Wildman–Crippen LogP) is 3.35. The number of rotatable bonds is 6.